The van der Waals surface area contributed by atoms with Crippen molar-refractivity contribution < 1.29 is 9.84 Å². The van der Waals surface area contributed by atoms with Gasteiger partial charge in [0.1, 0.15) is 0 Å². The first-order chi connectivity index (χ1) is 9.28. The third-order valence-corrected chi connectivity index (χ3v) is 3.66. The number of hydrogen-bond acceptors (Lipinski definition) is 2. The molecule has 1 fully saturated rings. The Bertz CT molecular complexity index is 525. The highest BCUT2D eigenvalue weighted by molar-refractivity contribution is 5.63. The maximum Gasteiger partial charge on any atom is 0.0973 e. The Kier molecular flexibility index (Phi) is 3.36. The lowest BCUT2D eigenvalue weighted by Crippen LogP contribution is -2.34. The molecule has 2 aromatic carbocycles. The van der Waals surface area contributed by atoms with Crippen LogP contribution < -0.4 is 0 Å². The zero-order valence-corrected chi connectivity index (χ0v) is 10.8. The fourth-order valence-corrected chi connectivity index (χ4v) is 2.45. The molecule has 0 amide bonds. The molecule has 0 aliphatic carbocycles. The van der Waals surface area contributed by atoms with E-state index < -0.39 is 5.60 Å². The molecule has 1 aliphatic rings. The van der Waals surface area contributed by atoms with E-state index in [0.29, 0.717) is 19.6 Å². The third kappa shape index (κ3) is 2.55. The molecule has 0 unspecified atom stereocenters. The molecule has 0 aromatic heterocycles. The van der Waals surface area contributed by atoms with Crippen molar-refractivity contribution in [3.8, 4) is 11.1 Å². The summed E-state index contributed by atoms with van der Waals surface area (Å²) in [5.74, 6) is 0. The first-order valence-corrected chi connectivity index (χ1v) is 6.58. The van der Waals surface area contributed by atoms with E-state index in [4.69, 9.17) is 4.74 Å². The normalized spacial score (nSPS) is 18.2. The van der Waals surface area contributed by atoms with Gasteiger partial charge >= 0.3 is 0 Å². The molecule has 2 nitrogen and oxygen atoms in total. The van der Waals surface area contributed by atoms with E-state index in [2.05, 4.69) is 24.3 Å². The molecule has 97 valence electrons. The lowest BCUT2D eigenvalue weighted by atomic mass is 9.86. The van der Waals surface area contributed by atoms with Gasteiger partial charge in [-0.25, -0.2) is 0 Å². The molecule has 1 atom stereocenters. The summed E-state index contributed by atoms with van der Waals surface area (Å²) >= 11 is 0. The van der Waals surface area contributed by atoms with Gasteiger partial charge in [0.05, 0.1) is 12.2 Å². The summed E-state index contributed by atoms with van der Waals surface area (Å²) in [5, 5.41) is 10.6. The minimum absolute atomic E-state index is 0.511. The number of benzene rings is 2. The Morgan fingerprint density at radius 3 is 2.21 bits per heavy atom. The summed E-state index contributed by atoms with van der Waals surface area (Å²) < 4.78 is 5.26. The smallest absolute Gasteiger partial charge is 0.0973 e. The van der Waals surface area contributed by atoms with Crippen LogP contribution in [0, 0.1) is 6.42 Å². The molecule has 0 saturated carbocycles. The average Bonchev–Trinajstić information content (AvgIpc) is 2.49. The van der Waals surface area contributed by atoms with E-state index >= 15 is 0 Å². The summed E-state index contributed by atoms with van der Waals surface area (Å²) in [6.07, 6.45) is 2.46. The van der Waals surface area contributed by atoms with Gasteiger partial charge in [0.15, 0.2) is 0 Å². The van der Waals surface area contributed by atoms with Crippen molar-refractivity contribution in [1.29, 1.82) is 0 Å². The van der Waals surface area contributed by atoms with E-state index in [0.717, 1.165) is 5.56 Å². The predicted octanol–water partition coefficient (Wildman–Crippen LogP) is 3.17. The molecule has 2 heteroatoms. The van der Waals surface area contributed by atoms with Gasteiger partial charge in [0.25, 0.3) is 0 Å². The van der Waals surface area contributed by atoms with Gasteiger partial charge in [-0.2, -0.15) is 0 Å². The molecule has 1 N–H and O–H groups in total. The summed E-state index contributed by atoms with van der Waals surface area (Å²) in [4.78, 5) is 0. The van der Waals surface area contributed by atoms with Gasteiger partial charge in [0, 0.05) is 19.4 Å². The van der Waals surface area contributed by atoms with Crippen molar-refractivity contribution in [3.63, 3.8) is 0 Å². The summed E-state index contributed by atoms with van der Waals surface area (Å²) in [7, 11) is 0. The van der Waals surface area contributed by atoms with Crippen LogP contribution in [0.2, 0.25) is 0 Å². The second kappa shape index (κ2) is 5.16. The van der Waals surface area contributed by atoms with Crippen LogP contribution in [-0.2, 0) is 10.3 Å². The summed E-state index contributed by atoms with van der Waals surface area (Å²) in [5.41, 5.74) is 2.46. The zero-order valence-electron chi connectivity index (χ0n) is 10.8. The highest BCUT2D eigenvalue weighted by Crippen LogP contribution is 2.32. The highest BCUT2D eigenvalue weighted by Gasteiger charge is 2.31. The van der Waals surface area contributed by atoms with Crippen molar-refractivity contribution in [3.05, 3.63) is 66.6 Å². The highest BCUT2D eigenvalue weighted by atomic mass is 16.5. The molecule has 1 aliphatic heterocycles. The molecule has 3 rings (SSSR count). The SMILES string of the molecule is O[C@@]1(c2ccc(-c3ccccc3)cc2)[CH]COCC1. The van der Waals surface area contributed by atoms with Crippen molar-refractivity contribution in [1.82, 2.24) is 0 Å². The Morgan fingerprint density at radius 1 is 0.895 bits per heavy atom. The number of rotatable bonds is 2. The topological polar surface area (TPSA) is 29.5 Å². The Hall–Kier alpha value is -1.64. The molecule has 0 bridgehead atoms. The van der Waals surface area contributed by atoms with Crippen LogP contribution >= 0.6 is 0 Å². The zero-order chi connectivity index (χ0) is 13.1. The fraction of sp³-hybridized carbons (Fsp3) is 0.235. The third-order valence-electron chi connectivity index (χ3n) is 3.66. The molecule has 2 aromatic rings. The second-order valence-electron chi connectivity index (χ2n) is 4.90. The van der Waals surface area contributed by atoms with E-state index in [1.54, 1.807) is 0 Å². The largest absolute Gasteiger partial charge is 0.385 e. The van der Waals surface area contributed by atoms with Crippen LogP contribution in [0.3, 0.4) is 0 Å². The van der Waals surface area contributed by atoms with Crippen LogP contribution in [-0.4, -0.2) is 18.3 Å². The number of hydrogen-bond donors (Lipinski definition) is 1. The molecular formula is C17H17O2. The van der Waals surface area contributed by atoms with Gasteiger partial charge in [0.2, 0.25) is 0 Å². The minimum Gasteiger partial charge on any atom is -0.385 e. The minimum atomic E-state index is -0.840. The predicted molar refractivity (Wildman–Crippen MR) is 75.5 cm³/mol. The maximum absolute atomic E-state index is 10.6. The van der Waals surface area contributed by atoms with Crippen LogP contribution in [0.5, 0.6) is 0 Å². The van der Waals surface area contributed by atoms with E-state index in [-0.39, 0.29) is 0 Å². The van der Waals surface area contributed by atoms with Crippen molar-refractivity contribution in [2.45, 2.75) is 12.0 Å². The Morgan fingerprint density at radius 2 is 1.58 bits per heavy atom. The fourth-order valence-electron chi connectivity index (χ4n) is 2.45. The molecule has 0 spiro atoms. The molecule has 1 heterocycles. The van der Waals surface area contributed by atoms with Crippen LogP contribution in [0.25, 0.3) is 11.1 Å². The molecular weight excluding hydrogens is 236 g/mol. The van der Waals surface area contributed by atoms with Gasteiger partial charge in [-0.15, -0.1) is 0 Å². The van der Waals surface area contributed by atoms with E-state index in [1.165, 1.54) is 11.1 Å². The monoisotopic (exact) mass is 253 g/mol. The van der Waals surface area contributed by atoms with E-state index in [9.17, 15) is 5.11 Å². The Balaban J connectivity index is 1.87. The summed E-state index contributed by atoms with van der Waals surface area (Å²) in [6, 6.07) is 18.4. The summed E-state index contributed by atoms with van der Waals surface area (Å²) in [6.45, 7) is 1.12. The average molecular weight is 253 g/mol. The number of aliphatic hydroxyl groups is 1. The first kappa shape index (κ1) is 12.4. The van der Waals surface area contributed by atoms with Crippen LogP contribution in [0.4, 0.5) is 0 Å². The molecule has 1 radical (unpaired) electrons. The number of ether oxygens (including phenoxy) is 1. The Labute approximate surface area is 113 Å². The lowest BCUT2D eigenvalue weighted by molar-refractivity contribution is -0.0233. The van der Waals surface area contributed by atoms with Crippen molar-refractivity contribution in [2.24, 2.45) is 0 Å². The van der Waals surface area contributed by atoms with Gasteiger partial charge in [-0.05, 0) is 16.7 Å². The van der Waals surface area contributed by atoms with Crippen LogP contribution in [0.15, 0.2) is 54.6 Å². The first-order valence-electron chi connectivity index (χ1n) is 6.58. The van der Waals surface area contributed by atoms with Gasteiger partial charge < -0.3 is 9.84 Å². The van der Waals surface area contributed by atoms with Crippen LogP contribution in [0.1, 0.15) is 12.0 Å². The molecule has 19 heavy (non-hydrogen) atoms. The lowest BCUT2D eigenvalue weighted by Gasteiger charge is -2.32. The quantitative estimate of drug-likeness (QED) is 0.890. The van der Waals surface area contributed by atoms with Crippen molar-refractivity contribution in [2.75, 3.05) is 13.2 Å². The van der Waals surface area contributed by atoms with E-state index in [1.807, 2.05) is 36.8 Å². The second-order valence-corrected chi connectivity index (χ2v) is 4.90. The van der Waals surface area contributed by atoms with Gasteiger partial charge in [-0.1, -0.05) is 54.6 Å². The standard InChI is InChI=1S/C17H17O2/c18-17(10-12-19-13-11-17)16-8-6-15(7-9-16)14-4-2-1-3-5-14/h1-10,18H,11-13H2/t17-/m0/s1. The van der Waals surface area contributed by atoms with Crippen molar-refractivity contribution >= 4 is 0 Å². The maximum atomic E-state index is 10.6. The van der Waals surface area contributed by atoms with Gasteiger partial charge in [-0.3, -0.25) is 0 Å². The molecule has 1 saturated heterocycles.